The number of carbonyl (C=O) groups excluding carboxylic acids is 2. The van der Waals surface area contributed by atoms with Gasteiger partial charge in [-0.05, 0) is 33.6 Å². The number of methoxy groups -OCH3 is 1. The minimum absolute atomic E-state index is 0.115. The zero-order valence-corrected chi connectivity index (χ0v) is 17.4. The van der Waals surface area contributed by atoms with Crippen LogP contribution in [0.5, 0.6) is 0 Å². The third-order valence-electron chi connectivity index (χ3n) is 4.83. The molecule has 0 radical (unpaired) electrons. The molecule has 3 aliphatic rings. The van der Waals surface area contributed by atoms with Crippen molar-refractivity contribution in [3.63, 3.8) is 0 Å². The highest BCUT2D eigenvalue weighted by Crippen LogP contribution is 2.26. The lowest BCUT2D eigenvalue weighted by molar-refractivity contribution is -0.135. The van der Waals surface area contributed by atoms with Gasteiger partial charge in [-0.25, -0.2) is 0 Å². The number of amides is 2. The Morgan fingerprint density at radius 3 is 1.96 bits per heavy atom. The molecular weight excluding hydrogens is 334 g/mol. The van der Waals surface area contributed by atoms with Gasteiger partial charge in [-0.15, -0.1) is 0 Å². The van der Waals surface area contributed by atoms with Gasteiger partial charge in [-0.3, -0.25) is 14.5 Å². The van der Waals surface area contributed by atoms with Crippen LogP contribution in [0.15, 0.2) is 11.1 Å². The molecule has 6 heteroatoms. The fourth-order valence-corrected chi connectivity index (χ4v) is 2.66. The maximum atomic E-state index is 11.5. The Labute approximate surface area is 157 Å². The van der Waals surface area contributed by atoms with Crippen LogP contribution in [0.2, 0.25) is 0 Å². The zero-order valence-electron chi connectivity index (χ0n) is 17.4. The maximum Gasteiger partial charge on any atom is 0.256 e. The highest BCUT2D eigenvalue weighted by atomic mass is 16.6. The SMILES string of the molecule is CC1OC1C.CCCCC1=C(C)C(=O)N(C)C1=O.COCC1(C)COC1. The van der Waals surface area contributed by atoms with Gasteiger partial charge >= 0.3 is 0 Å². The molecule has 2 fully saturated rings. The molecule has 0 N–H and O–H groups in total. The molecule has 3 rings (SSSR count). The predicted octanol–water partition coefficient (Wildman–Crippen LogP) is 2.95. The van der Waals surface area contributed by atoms with Crippen molar-refractivity contribution in [3.8, 4) is 0 Å². The summed E-state index contributed by atoms with van der Waals surface area (Å²) in [6.45, 7) is 12.7. The van der Waals surface area contributed by atoms with E-state index in [1.165, 1.54) is 11.9 Å². The van der Waals surface area contributed by atoms with E-state index in [2.05, 4.69) is 27.7 Å². The second-order valence-corrected chi connectivity index (χ2v) is 7.66. The van der Waals surface area contributed by atoms with Crippen molar-refractivity contribution in [2.24, 2.45) is 5.41 Å². The molecule has 0 saturated carbocycles. The summed E-state index contributed by atoms with van der Waals surface area (Å²) in [5.41, 5.74) is 1.66. The Kier molecular flexibility index (Phi) is 8.93. The van der Waals surface area contributed by atoms with Gasteiger partial charge < -0.3 is 14.2 Å². The number of epoxide rings is 1. The number of imide groups is 1. The minimum Gasteiger partial charge on any atom is -0.384 e. The Bertz CT molecular complexity index is 518. The normalized spacial score (nSPS) is 25.9. The molecule has 0 aromatic rings. The highest BCUT2D eigenvalue weighted by molar-refractivity contribution is 6.18. The molecule has 26 heavy (non-hydrogen) atoms. The van der Waals surface area contributed by atoms with E-state index < -0.39 is 0 Å². The van der Waals surface area contributed by atoms with E-state index in [0.29, 0.717) is 28.8 Å². The number of hydrogen-bond donors (Lipinski definition) is 0. The average molecular weight is 370 g/mol. The van der Waals surface area contributed by atoms with E-state index in [1.807, 2.05) is 0 Å². The number of carbonyl (C=O) groups is 2. The molecule has 0 aliphatic carbocycles. The summed E-state index contributed by atoms with van der Waals surface area (Å²) in [5.74, 6) is -0.257. The Balaban J connectivity index is 0.000000219. The standard InChI is InChI=1S/C10H15NO2.C6H12O2.C4H8O/c1-4-5-6-8-7(2)9(12)11(3)10(8)13;1-6(3-7-2)4-8-5-6;1-3-4(2)5-3/h4-6H2,1-3H3;3-5H2,1-2H3;3-4H,1-2H3. The Hall–Kier alpha value is -1.24. The van der Waals surface area contributed by atoms with Crippen molar-refractivity contribution in [1.29, 1.82) is 0 Å². The average Bonchev–Trinajstić information content (AvgIpc) is 3.20. The quantitative estimate of drug-likeness (QED) is 0.550. The first-order valence-corrected chi connectivity index (χ1v) is 9.41. The van der Waals surface area contributed by atoms with Crippen LogP contribution in [0, 0.1) is 5.41 Å². The summed E-state index contributed by atoms with van der Waals surface area (Å²) in [6.07, 6.45) is 3.85. The number of hydrogen-bond acceptors (Lipinski definition) is 5. The fourth-order valence-electron chi connectivity index (χ4n) is 2.66. The molecule has 6 nitrogen and oxygen atoms in total. The summed E-state index contributed by atoms with van der Waals surface area (Å²) in [6, 6.07) is 0. The van der Waals surface area contributed by atoms with Crippen LogP contribution in [-0.4, -0.2) is 62.9 Å². The summed E-state index contributed by atoms with van der Waals surface area (Å²) in [4.78, 5) is 24.0. The first-order chi connectivity index (χ1) is 12.2. The summed E-state index contributed by atoms with van der Waals surface area (Å²) >= 11 is 0. The molecule has 2 atom stereocenters. The minimum atomic E-state index is -0.142. The van der Waals surface area contributed by atoms with Crippen molar-refractivity contribution in [1.82, 2.24) is 4.90 Å². The van der Waals surface area contributed by atoms with Crippen LogP contribution in [0.3, 0.4) is 0 Å². The number of nitrogens with zero attached hydrogens (tertiary/aromatic N) is 1. The predicted molar refractivity (Wildman–Crippen MR) is 101 cm³/mol. The molecule has 0 aromatic heterocycles. The van der Waals surface area contributed by atoms with Crippen molar-refractivity contribution >= 4 is 11.8 Å². The molecule has 2 saturated heterocycles. The van der Waals surface area contributed by atoms with Gasteiger partial charge in [0.2, 0.25) is 0 Å². The van der Waals surface area contributed by atoms with E-state index >= 15 is 0 Å². The van der Waals surface area contributed by atoms with Gasteiger partial charge in [0.05, 0.1) is 32.0 Å². The maximum absolute atomic E-state index is 11.5. The number of unbranched alkanes of at least 4 members (excludes halogenated alkanes) is 1. The van der Waals surface area contributed by atoms with E-state index in [-0.39, 0.29) is 11.8 Å². The Morgan fingerprint density at radius 1 is 1.19 bits per heavy atom. The van der Waals surface area contributed by atoms with Gasteiger partial charge in [-0.2, -0.15) is 0 Å². The monoisotopic (exact) mass is 369 g/mol. The molecule has 2 amide bonds. The van der Waals surface area contributed by atoms with E-state index in [9.17, 15) is 9.59 Å². The first-order valence-electron chi connectivity index (χ1n) is 9.41. The second kappa shape index (κ2) is 10.2. The molecule has 2 unspecified atom stereocenters. The zero-order chi connectivity index (χ0) is 19.9. The highest BCUT2D eigenvalue weighted by Gasteiger charge is 2.33. The summed E-state index contributed by atoms with van der Waals surface area (Å²) in [5, 5.41) is 0. The molecule has 0 aromatic carbocycles. The van der Waals surface area contributed by atoms with Crippen LogP contribution in [0.25, 0.3) is 0 Å². The van der Waals surface area contributed by atoms with Crippen molar-refractivity contribution in [2.45, 2.75) is 66.1 Å². The lowest BCUT2D eigenvalue weighted by atomic mass is 9.90. The van der Waals surface area contributed by atoms with Crippen molar-refractivity contribution in [3.05, 3.63) is 11.1 Å². The topological polar surface area (TPSA) is 68.4 Å². The van der Waals surface area contributed by atoms with Crippen LogP contribution < -0.4 is 0 Å². The van der Waals surface area contributed by atoms with Gasteiger partial charge in [0.15, 0.2) is 0 Å². The van der Waals surface area contributed by atoms with Gasteiger partial charge in [0.25, 0.3) is 11.8 Å². The largest absolute Gasteiger partial charge is 0.384 e. The molecular formula is C20H35NO5. The number of likely N-dealkylation sites (N-methyl/N-ethyl adjacent to an activating group) is 1. The van der Waals surface area contributed by atoms with Gasteiger partial charge in [-0.1, -0.05) is 20.3 Å². The molecule has 0 bridgehead atoms. The fraction of sp³-hybridized carbons (Fsp3) is 0.800. The van der Waals surface area contributed by atoms with Crippen LogP contribution >= 0.6 is 0 Å². The van der Waals surface area contributed by atoms with Crippen LogP contribution in [0.4, 0.5) is 0 Å². The van der Waals surface area contributed by atoms with E-state index in [4.69, 9.17) is 14.2 Å². The third kappa shape index (κ3) is 6.49. The second-order valence-electron chi connectivity index (χ2n) is 7.66. The van der Waals surface area contributed by atoms with Gasteiger partial charge in [0, 0.05) is 30.7 Å². The van der Waals surface area contributed by atoms with Crippen LogP contribution in [-0.2, 0) is 23.8 Å². The van der Waals surface area contributed by atoms with Crippen LogP contribution in [0.1, 0.15) is 53.9 Å². The van der Waals surface area contributed by atoms with E-state index in [1.54, 1.807) is 14.0 Å². The Morgan fingerprint density at radius 2 is 1.73 bits per heavy atom. The molecule has 3 heterocycles. The molecule has 3 aliphatic heterocycles. The lowest BCUT2D eigenvalue weighted by Crippen LogP contribution is -2.43. The van der Waals surface area contributed by atoms with Crippen molar-refractivity contribution < 1.29 is 23.8 Å². The number of rotatable bonds is 5. The first kappa shape index (κ1) is 22.8. The summed E-state index contributed by atoms with van der Waals surface area (Å²) < 4.78 is 14.9. The van der Waals surface area contributed by atoms with Crippen molar-refractivity contribution in [2.75, 3.05) is 34.0 Å². The molecule has 0 spiro atoms. The number of ether oxygens (including phenoxy) is 3. The van der Waals surface area contributed by atoms with Gasteiger partial charge in [0.1, 0.15) is 0 Å². The van der Waals surface area contributed by atoms with E-state index in [0.717, 1.165) is 39.1 Å². The third-order valence-corrected chi connectivity index (χ3v) is 4.83. The smallest absolute Gasteiger partial charge is 0.256 e. The summed E-state index contributed by atoms with van der Waals surface area (Å²) in [7, 11) is 3.26. The molecule has 150 valence electrons. The lowest BCUT2D eigenvalue weighted by Gasteiger charge is -2.37.